The Balaban J connectivity index is 1.18. The Hall–Kier alpha value is -3.91. The van der Waals surface area contributed by atoms with Crippen molar-refractivity contribution in [3.63, 3.8) is 0 Å². The summed E-state index contributed by atoms with van der Waals surface area (Å²) in [5.41, 5.74) is 18.2. The predicted octanol–water partition coefficient (Wildman–Crippen LogP) is 5.06. The number of rotatable bonds is 5. The highest BCUT2D eigenvalue weighted by atomic mass is 16.2. The monoisotopic (exact) mass is 509 g/mol. The van der Waals surface area contributed by atoms with Crippen LogP contribution in [0.25, 0.3) is 5.65 Å². The van der Waals surface area contributed by atoms with Gasteiger partial charge in [-0.05, 0) is 80.2 Å². The quantitative estimate of drug-likeness (QED) is 0.346. The highest BCUT2D eigenvalue weighted by Crippen LogP contribution is 2.41. The summed E-state index contributed by atoms with van der Waals surface area (Å²) in [5.74, 6) is 1.41. The lowest BCUT2D eigenvalue weighted by molar-refractivity contribution is 0.0713. The molecule has 1 saturated carbocycles. The second-order valence-corrected chi connectivity index (χ2v) is 10.7. The molecular weight excluding hydrogens is 474 g/mol. The number of anilines is 3. The molecule has 196 valence electrons. The fourth-order valence-corrected chi connectivity index (χ4v) is 6.08. The zero-order chi connectivity index (χ0) is 26.1. The lowest BCUT2D eigenvalue weighted by Crippen LogP contribution is -2.37. The summed E-state index contributed by atoms with van der Waals surface area (Å²) in [4.78, 5) is 19.8. The molecule has 4 aromatic rings. The van der Waals surface area contributed by atoms with E-state index in [2.05, 4.69) is 45.7 Å². The summed E-state index contributed by atoms with van der Waals surface area (Å²) in [6.07, 6.45) is 9.43. The topological polar surface area (TPSA) is 115 Å². The molecule has 0 bridgehead atoms. The van der Waals surface area contributed by atoms with Crippen molar-refractivity contribution in [3.8, 4) is 0 Å². The SMILES string of the molecule is Nc1nn2ccnc2c(Nc2ccc(C(=O)N3CCC(c4ccccc4)CC3)cc2)c1C1CCC(N)CC1. The van der Waals surface area contributed by atoms with Crippen LogP contribution in [0.5, 0.6) is 0 Å². The number of nitrogen functional groups attached to an aromatic ring is 1. The van der Waals surface area contributed by atoms with Gasteiger partial charge in [-0.25, -0.2) is 9.50 Å². The van der Waals surface area contributed by atoms with Crippen LogP contribution in [-0.2, 0) is 0 Å². The maximum atomic E-state index is 13.2. The van der Waals surface area contributed by atoms with Gasteiger partial charge in [-0.2, -0.15) is 0 Å². The van der Waals surface area contributed by atoms with Gasteiger partial charge in [0.2, 0.25) is 0 Å². The number of imidazole rings is 1. The van der Waals surface area contributed by atoms with E-state index in [1.54, 1.807) is 16.9 Å². The van der Waals surface area contributed by atoms with E-state index in [1.807, 2.05) is 29.2 Å². The Bertz CT molecular complexity index is 1400. The molecule has 1 saturated heterocycles. The smallest absolute Gasteiger partial charge is 0.253 e. The zero-order valence-corrected chi connectivity index (χ0v) is 21.6. The van der Waals surface area contributed by atoms with Crippen LogP contribution in [0.15, 0.2) is 67.0 Å². The number of amides is 1. The number of hydrogen-bond donors (Lipinski definition) is 3. The van der Waals surface area contributed by atoms with Crippen LogP contribution in [0.4, 0.5) is 17.2 Å². The molecule has 3 heterocycles. The van der Waals surface area contributed by atoms with Crippen molar-refractivity contribution in [1.82, 2.24) is 19.5 Å². The minimum absolute atomic E-state index is 0.0890. The maximum absolute atomic E-state index is 13.2. The van der Waals surface area contributed by atoms with E-state index in [1.165, 1.54) is 5.56 Å². The van der Waals surface area contributed by atoms with Crippen molar-refractivity contribution in [2.45, 2.75) is 56.4 Å². The summed E-state index contributed by atoms with van der Waals surface area (Å²) in [6.45, 7) is 1.56. The van der Waals surface area contributed by atoms with Gasteiger partial charge in [0, 0.05) is 48.3 Å². The molecule has 0 spiro atoms. The number of benzene rings is 2. The van der Waals surface area contributed by atoms with Crippen molar-refractivity contribution in [2.24, 2.45) is 5.73 Å². The largest absolute Gasteiger partial charge is 0.382 e. The molecule has 0 radical (unpaired) electrons. The second-order valence-electron chi connectivity index (χ2n) is 10.7. The molecule has 1 aliphatic carbocycles. The molecule has 8 heteroatoms. The standard InChI is InChI=1S/C30H35N7O/c31-24-10-6-22(7-11-24)26-27(29-33-16-19-37(29)35-28(26)32)34-25-12-8-23(9-13-25)30(38)36-17-14-21(15-18-36)20-4-2-1-3-5-20/h1-5,8-9,12-13,16,19,21-22,24,34H,6-7,10-11,14-15,17-18,31H2,(H2,32,35). The summed E-state index contributed by atoms with van der Waals surface area (Å²) in [7, 11) is 0. The molecule has 0 atom stereocenters. The molecule has 2 aromatic heterocycles. The third-order valence-corrected chi connectivity index (χ3v) is 8.24. The van der Waals surface area contributed by atoms with Gasteiger partial charge in [-0.3, -0.25) is 4.79 Å². The number of carbonyl (C=O) groups excluding carboxylic acids is 1. The van der Waals surface area contributed by atoms with Gasteiger partial charge in [0.25, 0.3) is 5.91 Å². The zero-order valence-electron chi connectivity index (χ0n) is 21.6. The first-order valence-corrected chi connectivity index (χ1v) is 13.7. The number of nitrogens with one attached hydrogen (secondary N) is 1. The van der Waals surface area contributed by atoms with E-state index in [0.29, 0.717) is 17.3 Å². The number of likely N-dealkylation sites (tertiary alicyclic amines) is 1. The number of nitrogens with two attached hydrogens (primary N) is 2. The first-order chi connectivity index (χ1) is 18.6. The summed E-state index contributed by atoms with van der Waals surface area (Å²) < 4.78 is 1.71. The fourth-order valence-electron chi connectivity index (χ4n) is 6.08. The van der Waals surface area contributed by atoms with Crippen LogP contribution in [-0.4, -0.2) is 44.5 Å². The Morgan fingerprint density at radius 3 is 2.32 bits per heavy atom. The van der Waals surface area contributed by atoms with E-state index < -0.39 is 0 Å². The molecule has 2 aliphatic rings. The summed E-state index contributed by atoms with van der Waals surface area (Å²) in [6, 6.07) is 18.6. The third-order valence-electron chi connectivity index (χ3n) is 8.24. The van der Waals surface area contributed by atoms with Gasteiger partial charge in [0.05, 0.1) is 5.69 Å². The molecule has 0 unspecified atom stereocenters. The van der Waals surface area contributed by atoms with Gasteiger partial charge in [0.15, 0.2) is 5.65 Å². The van der Waals surface area contributed by atoms with E-state index in [4.69, 9.17) is 11.5 Å². The van der Waals surface area contributed by atoms with Gasteiger partial charge < -0.3 is 21.7 Å². The maximum Gasteiger partial charge on any atom is 0.253 e. The Morgan fingerprint density at radius 2 is 1.61 bits per heavy atom. The molecule has 1 amide bonds. The highest BCUT2D eigenvalue weighted by molar-refractivity contribution is 5.95. The first-order valence-electron chi connectivity index (χ1n) is 13.7. The van der Waals surface area contributed by atoms with Crippen molar-refractivity contribution in [1.29, 1.82) is 0 Å². The Labute approximate surface area is 223 Å². The molecule has 1 aliphatic heterocycles. The average Bonchev–Trinajstić information content (AvgIpc) is 3.43. The van der Waals surface area contributed by atoms with Crippen LogP contribution in [0, 0.1) is 0 Å². The number of fused-ring (bicyclic) bond motifs is 1. The van der Waals surface area contributed by atoms with Gasteiger partial charge in [-0.1, -0.05) is 30.3 Å². The fraction of sp³-hybridized carbons (Fsp3) is 0.367. The highest BCUT2D eigenvalue weighted by Gasteiger charge is 2.28. The molecule has 8 nitrogen and oxygen atoms in total. The summed E-state index contributed by atoms with van der Waals surface area (Å²) in [5, 5.41) is 8.12. The minimum Gasteiger partial charge on any atom is -0.382 e. The van der Waals surface area contributed by atoms with Gasteiger partial charge in [0.1, 0.15) is 5.82 Å². The number of nitrogens with zero attached hydrogens (tertiary/aromatic N) is 4. The van der Waals surface area contributed by atoms with Crippen LogP contribution < -0.4 is 16.8 Å². The molecule has 38 heavy (non-hydrogen) atoms. The van der Waals surface area contributed by atoms with Crippen LogP contribution in [0.3, 0.4) is 0 Å². The average molecular weight is 510 g/mol. The van der Waals surface area contributed by atoms with Crippen LogP contribution >= 0.6 is 0 Å². The Kier molecular flexibility index (Phi) is 6.72. The van der Waals surface area contributed by atoms with Gasteiger partial charge >= 0.3 is 0 Å². The van der Waals surface area contributed by atoms with Crippen LogP contribution in [0.2, 0.25) is 0 Å². The lowest BCUT2D eigenvalue weighted by Gasteiger charge is -2.32. The lowest BCUT2D eigenvalue weighted by atomic mass is 9.81. The normalized spacial score (nSPS) is 20.5. The molecule has 6 rings (SSSR count). The Morgan fingerprint density at radius 1 is 0.895 bits per heavy atom. The predicted molar refractivity (Wildman–Crippen MR) is 151 cm³/mol. The third kappa shape index (κ3) is 4.84. The van der Waals surface area contributed by atoms with E-state index in [9.17, 15) is 4.79 Å². The number of aromatic nitrogens is 3. The minimum atomic E-state index is 0.0890. The summed E-state index contributed by atoms with van der Waals surface area (Å²) >= 11 is 0. The van der Waals surface area contributed by atoms with E-state index in [0.717, 1.165) is 74.2 Å². The first kappa shape index (κ1) is 24.4. The molecule has 5 N–H and O–H groups in total. The number of piperidine rings is 1. The molecular formula is C30H35N7O. The second kappa shape index (κ2) is 10.5. The van der Waals surface area contributed by atoms with Crippen molar-refractivity contribution in [2.75, 3.05) is 24.1 Å². The van der Waals surface area contributed by atoms with Crippen LogP contribution in [0.1, 0.15) is 71.8 Å². The number of carbonyl (C=O) groups is 1. The van der Waals surface area contributed by atoms with Crippen molar-refractivity contribution in [3.05, 3.63) is 83.7 Å². The van der Waals surface area contributed by atoms with Gasteiger partial charge in [-0.15, -0.1) is 5.10 Å². The van der Waals surface area contributed by atoms with Crippen molar-refractivity contribution < 1.29 is 4.79 Å². The van der Waals surface area contributed by atoms with Crippen molar-refractivity contribution >= 4 is 28.7 Å². The molecule has 2 aromatic carbocycles. The number of hydrogen-bond acceptors (Lipinski definition) is 6. The van der Waals surface area contributed by atoms with E-state index >= 15 is 0 Å². The molecule has 2 fully saturated rings. The van der Waals surface area contributed by atoms with E-state index in [-0.39, 0.29) is 17.9 Å².